The lowest BCUT2D eigenvalue weighted by molar-refractivity contribution is 0.908. The number of allylic oxidation sites excluding steroid dienone is 4. The van der Waals surface area contributed by atoms with E-state index in [0.29, 0.717) is 0 Å². The molecule has 0 nitrogen and oxygen atoms in total. The van der Waals surface area contributed by atoms with Crippen LogP contribution in [0.3, 0.4) is 0 Å². The summed E-state index contributed by atoms with van der Waals surface area (Å²) >= 11 is 0. The van der Waals surface area contributed by atoms with Gasteiger partial charge in [-0.15, -0.1) is 11.1 Å². The maximum atomic E-state index is 3.48. The molecule has 0 bridgehead atoms. The van der Waals surface area contributed by atoms with E-state index in [2.05, 4.69) is 68.3 Å². The molecular weight excluding hydrogens is 260 g/mol. The van der Waals surface area contributed by atoms with Gasteiger partial charge in [0, 0.05) is 5.57 Å². The molecule has 0 atom stereocenters. The smallest absolute Gasteiger partial charge is 0.127 e. The second-order valence-corrected chi connectivity index (χ2v) is 16.7. The van der Waals surface area contributed by atoms with E-state index in [9.17, 15) is 0 Å². The van der Waals surface area contributed by atoms with E-state index in [1.54, 1.807) is 0 Å². The molecule has 2 heteroatoms. The van der Waals surface area contributed by atoms with Crippen LogP contribution >= 0.6 is 0 Å². The summed E-state index contributed by atoms with van der Waals surface area (Å²) in [7, 11) is -2.50. The van der Waals surface area contributed by atoms with Crippen LogP contribution in [-0.2, 0) is 0 Å². The van der Waals surface area contributed by atoms with Crippen LogP contribution in [0.5, 0.6) is 0 Å². The van der Waals surface area contributed by atoms with E-state index in [1.807, 2.05) is 6.08 Å². The van der Waals surface area contributed by atoms with Gasteiger partial charge in [-0.05, 0) is 37.0 Å². The Bertz CT molecular complexity index is 500. The number of rotatable bonds is 1. The van der Waals surface area contributed by atoms with Crippen molar-refractivity contribution < 1.29 is 0 Å². The Morgan fingerprint density at radius 2 is 1.53 bits per heavy atom. The van der Waals surface area contributed by atoms with E-state index in [4.69, 9.17) is 0 Å². The normalized spacial score (nSPS) is 16.1. The highest BCUT2D eigenvalue weighted by molar-refractivity contribution is 6.84. The van der Waals surface area contributed by atoms with Crippen LogP contribution in [0.15, 0.2) is 23.3 Å². The average Bonchev–Trinajstić information content (AvgIpc) is 2.66. The molecule has 102 valence electrons. The Morgan fingerprint density at radius 3 is 2.11 bits per heavy atom. The molecule has 0 heterocycles. The molecule has 0 aromatic carbocycles. The van der Waals surface area contributed by atoms with Crippen molar-refractivity contribution in [1.82, 2.24) is 0 Å². The molecule has 0 spiro atoms. The monoisotopic (exact) mass is 286 g/mol. The third-order valence-electron chi connectivity index (χ3n) is 2.66. The SMILES string of the molecule is C[Si](C)(C)C#C/C=C\C1=C(C#C[Si](C)(C)C)CCC1. The van der Waals surface area contributed by atoms with Crippen LogP contribution in [0.4, 0.5) is 0 Å². The van der Waals surface area contributed by atoms with Crippen LogP contribution < -0.4 is 0 Å². The zero-order chi connectivity index (χ0) is 14.5. The van der Waals surface area contributed by atoms with Crippen molar-refractivity contribution in [3.05, 3.63) is 23.3 Å². The van der Waals surface area contributed by atoms with Gasteiger partial charge in [-0.3, -0.25) is 0 Å². The second-order valence-electron chi connectivity index (χ2n) is 7.21. The molecule has 1 aliphatic carbocycles. The van der Waals surface area contributed by atoms with Crippen molar-refractivity contribution in [3.63, 3.8) is 0 Å². The second kappa shape index (κ2) is 6.46. The Labute approximate surface area is 121 Å². The summed E-state index contributed by atoms with van der Waals surface area (Å²) in [6.45, 7) is 13.7. The molecule has 0 saturated carbocycles. The van der Waals surface area contributed by atoms with E-state index < -0.39 is 16.1 Å². The highest BCUT2D eigenvalue weighted by Crippen LogP contribution is 2.26. The van der Waals surface area contributed by atoms with Gasteiger partial charge in [-0.25, -0.2) is 0 Å². The van der Waals surface area contributed by atoms with Gasteiger partial charge in [0.2, 0.25) is 0 Å². The van der Waals surface area contributed by atoms with E-state index in [0.717, 1.165) is 6.42 Å². The van der Waals surface area contributed by atoms with Crippen molar-refractivity contribution in [3.8, 4) is 22.9 Å². The lowest BCUT2D eigenvalue weighted by Gasteiger charge is -2.04. The van der Waals surface area contributed by atoms with Gasteiger partial charge >= 0.3 is 0 Å². The van der Waals surface area contributed by atoms with Gasteiger partial charge in [0.1, 0.15) is 16.1 Å². The first-order valence-corrected chi connectivity index (χ1v) is 14.1. The van der Waals surface area contributed by atoms with Crippen LogP contribution in [0, 0.1) is 22.9 Å². The summed E-state index contributed by atoms with van der Waals surface area (Å²) in [4.78, 5) is 0. The van der Waals surface area contributed by atoms with Gasteiger partial charge in [0.25, 0.3) is 0 Å². The topological polar surface area (TPSA) is 0 Å². The summed E-state index contributed by atoms with van der Waals surface area (Å²) in [5.41, 5.74) is 9.61. The zero-order valence-corrected chi connectivity index (χ0v) is 15.3. The minimum absolute atomic E-state index is 1.15. The Kier molecular flexibility index (Phi) is 5.47. The fourth-order valence-corrected chi connectivity index (χ4v) is 2.80. The highest BCUT2D eigenvalue weighted by Gasteiger charge is 2.12. The molecule has 0 amide bonds. The van der Waals surface area contributed by atoms with Gasteiger partial charge < -0.3 is 0 Å². The molecule has 0 saturated heterocycles. The maximum Gasteiger partial charge on any atom is 0.129 e. The van der Waals surface area contributed by atoms with Crippen molar-refractivity contribution >= 4 is 16.1 Å². The molecule has 0 fully saturated rings. The van der Waals surface area contributed by atoms with Crippen LogP contribution in [0.25, 0.3) is 0 Å². The fraction of sp³-hybridized carbons (Fsp3) is 0.529. The Hall–Kier alpha value is -0.966. The Balaban J connectivity index is 2.82. The molecule has 0 aromatic rings. The first-order chi connectivity index (χ1) is 8.67. The first kappa shape index (κ1) is 16.1. The summed E-state index contributed by atoms with van der Waals surface area (Å²) < 4.78 is 0. The molecule has 0 unspecified atom stereocenters. The average molecular weight is 287 g/mol. The fourth-order valence-electron chi connectivity index (χ4n) is 1.76. The standard InChI is InChI=1S/C17H26Si2/c1-18(2,3)14-8-7-10-16-11-9-12-17(16)13-15-19(4,5)6/h7,10H,9,11-12H2,1-6H3/b10-7-. The molecule has 0 aliphatic heterocycles. The van der Waals surface area contributed by atoms with Crippen molar-refractivity contribution in [2.45, 2.75) is 58.5 Å². The lowest BCUT2D eigenvalue weighted by Crippen LogP contribution is -2.16. The minimum atomic E-state index is -1.26. The summed E-state index contributed by atoms with van der Waals surface area (Å²) in [6, 6.07) is 0. The largest absolute Gasteiger partial charge is 0.129 e. The van der Waals surface area contributed by atoms with Gasteiger partial charge in [0.15, 0.2) is 0 Å². The third kappa shape index (κ3) is 7.26. The predicted molar refractivity (Wildman–Crippen MR) is 92.3 cm³/mol. The van der Waals surface area contributed by atoms with Crippen molar-refractivity contribution in [2.24, 2.45) is 0 Å². The van der Waals surface area contributed by atoms with Crippen molar-refractivity contribution in [1.29, 1.82) is 0 Å². The molecule has 1 aliphatic rings. The predicted octanol–water partition coefficient (Wildman–Crippen LogP) is 4.78. The van der Waals surface area contributed by atoms with E-state index in [1.165, 1.54) is 24.0 Å². The molecule has 0 radical (unpaired) electrons. The maximum absolute atomic E-state index is 3.48. The molecule has 19 heavy (non-hydrogen) atoms. The number of hydrogen-bond acceptors (Lipinski definition) is 0. The number of hydrogen-bond donors (Lipinski definition) is 0. The van der Waals surface area contributed by atoms with E-state index >= 15 is 0 Å². The first-order valence-electron chi connectivity index (χ1n) is 7.12. The quantitative estimate of drug-likeness (QED) is 0.480. The summed E-state index contributed by atoms with van der Waals surface area (Å²) in [6.07, 6.45) is 7.78. The van der Waals surface area contributed by atoms with Crippen LogP contribution in [0.2, 0.25) is 39.3 Å². The van der Waals surface area contributed by atoms with Gasteiger partial charge in [-0.1, -0.05) is 51.1 Å². The van der Waals surface area contributed by atoms with Crippen LogP contribution in [-0.4, -0.2) is 16.1 Å². The summed E-state index contributed by atoms with van der Waals surface area (Å²) in [5, 5.41) is 0. The van der Waals surface area contributed by atoms with Crippen LogP contribution in [0.1, 0.15) is 19.3 Å². The zero-order valence-electron chi connectivity index (χ0n) is 13.3. The molecular formula is C17H26Si2. The van der Waals surface area contributed by atoms with Gasteiger partial charge in [-0.2, -0.15) is 0 Å². The molecule has 0 N–H and O–H groups in total. The minimum Gasteiger partial charge on any atom is -0.127 e. The van der Waals surface area contributed by atoms with E-state index in [-0.39, 0.29) is 0 Å². The van der Waals surface area contributed by atoms with Gasteiger partial charge in [0.05, 0.1) is 0 Å². The van der Waals surface area contributed by atoms with Crippen molar-refractivity contribution in [2.75, 3.05) is 0 Å². The molecule has 0 aromatic heterocycles. The lowest BCUT2D eigenvalue weighted by atomic mass is 10.1. The Morgan fingerprint density at radius 1 is 0.895 bits per heavy atom. The molecule has 1 rings (SSSR count). The highest BCUT2D eigenvalue weighted by atomic mass is 28.3. The summed E-state index contributed by atoms with van der Waals surface area (Å²) in [5.74, 6) is 6.63. The third-order valence-corrected chi connectivity index (χ3v) is 4.43.